The highest BCUT2D eigenvalue weighted by molar-refractivity contribution is 5.83. The van der Waals surface area contributed by atoms with Crippen LogP contribution in [0.15, 0.2) is 36.4 Å². The van der Waals surface area contributed by atoms with E-state index in [1.54, 1.807) is 6.92 Å². The SMILES string of the molecule is Cc1ccc2cc(CNCC(C)C(=O)O)ccc2c1. The van der Waals surface area contributed by atoms with E-state index in [1.807, 2.05) is 0 Å². The third-order valence-electron chi connectivity index (χ3n) is 3.26. The predicted octanol–water partition coefficient (Wildman–Crippen LogP) is 2.96. The fourth-order valence-corrected chi connectivity index (χ4v) is 2.04. The third-order valence-corrected chi connectivity index (χ3v) is 3.26. The minimum absolute atomic E-state index is 0.358. The van der Waals surface area contributed by atoms with Crippen molar-refractivity contribution >= 4 is 16.7 Å². The molecule has 0 aliphatic rings. The van der Waals surface area contributed by atoms with Gasteiger partial charge in [-0.15, -0.1) is 0 Å². The van der Waals surface area contributed by atoms with Gasteiger partial charge < -0.3 is 10.4 Å². The van der Waals surface area contributed by atoms with E-state index in [0.717, 1.165) is 0 Å². The number of carbonyl (C=O) groups is 1. The van der Waals surface area contributed by atoms with Gasteiger partial charge in [0.1, 0.15) is 0 Å². The molecule has 0 aliphatic carbocycles. The van der Waals surface area contributed by atoms with Gasteiger partial charge >= 0.3 is 5.97 Å². The van der Waals surface area contributed by atoms with Crippen molar-refractivity contribution in [2.24, 2.45) is 5.92 Å². The van der Waals surface area contributed by atoms with E-state index < -0.39 is 5.97 Å². The molecule has 0 heterocycles. The Hall–Kier alpha value is -1.87. The largest absolute Gasteiger partial charge is 0.481 e. The summed E-state index contributed by atoms with van der Waals surface area (Å²) in [7, 11) is 0. The number of nitrogens with one attached hydrogen (secondary N) is 1. The number of aliphatic carboxylic acids is 1. The van der Waals surface area contributed by atoms with Gasteiger partial charge in [0.2, 0.25) is 0 Å². The van der Waals surface area contributed by atoms with Gasteiger partial charge in [-0.05, 0) is 29.3 Å². The van der Waals surface area contributed by atoms with Crippen LogP contribution in [0.5, 0.6) is 0 Å². The van der Waals surface area contributed by atoms with E-state index >= 15 is 0 Å². The zero-order valence-corrected chi connectivity index (χ0v) is 11.3. The van der Waals surface area contributed by atoms with E-state index in [2.05, 4.69) is 48.6 Å². The maximum absolute atomic E-state index is 10.7. The molecule has 2 aromatic rings. The highest BCUT2D eigenvalue weighted by Gasteiger charge is 2.09. The lowest BCUT2D eigenvalue weighted by Crippen LogP contribution is -2.25. The summed E-state index contributed by atoms with van der Waals surface area (Å²) >= 11 is 0. The van der Waals surface area contributed by atoms with Gasteiger partial charge in [-0.2, -0.15) is 0 Å². The van der Waals surface area contributed by atoms with Gasteiger partial charge in [0.15, 0.2) is 0 Å². The predicted molar refractivity (Wildman–Crippen MR) is 77.2 cm³/mol. The molecule has 0 spiro atoms. The Morgan fingerprint density at radius 1 is 1.21 bits per heavy atom. The molecule has 100 valence electrons. The molecule has 0 aliphatic heterocycles. The van der Waals surface area contributed by atoms with Crippen molar-refractivity contribution in [1.82, 2.24) is 5.32 Å². The van der Waals surface area contributed by atoms with Crippen molar-refractivity contribution in [3.05, 3.63) is 47.5 Å². The van der Waals surface area contributed by atoms with E-state index in [1.165, 1.54) is 21.9 Å². The van der Waals surface area contributed by atoms with Crippen molar-refractivity contribution in [2.45, 2.75) is 20.4 Å². The smallest absolute Gasteiger partial charge is 0.307 e. The normalized spacial score (nSPS) is 12.5. The minimum Gasteiger partial charge on any atom is -0.481 e. The van der Waals surface area contributed by atoms with Crippen LogP contribution in [-0.4, -0.2) is 17.6 Å². The molecule has 1 unspecified atom stereocenters. The maximum Gasteiger partial charge on any atom is 0.307 e. The Kier molecular flexibility index (Phi) is 4.17. The first-order valence-corrected chi connectivity index (χ1v) is 6.49. The molecular weight excluding hydrogens is 238 g/mol. The van der Waals surface area contributed by atoms with Gasteiger partial charge in [-0.3, -0.25) is 4.79 Å². The second-order valence-corrected chi connectivity index (χ2v) is 5.06. The molecule has 0 saturated carbocycles. The Labute approximate surface area is 113 Å². The molecule has 0 aromatic heterocycles. The summed E-state index contributed by atoms with van der Waals surface area (Å²) in [6.45, 7) is 4.98. The quantitative estimate of drug-likeness (QED) is 0.865. The molecule has 3 heteroatoms. The third kappa shape index (κ3) is 3.55. The van der Waals surface area contributed by atoms with E-state index in [0.29, 0.717) is 13.1 Å². The molecular formula is C16H19NO2. The Balaban J connectivity index is 2.02. The Bertz CT molecular complexity index is 592. The molecule has 1 atom stereocenters. The van der Waals surface area contributed by atoms with Gasteiger partial charge in [0, 0.05) is 13.1 Å². The summed E-state index contributed by atoms with van der Waals surface area (Å²) in [5, 5.41) is 14.4. The molecule has 0 fully saturated rings. The molecule has 0 radical (unpaired) electrons. The molecule has 0 bridgehead atoms. The number of carboxylic acid groups (broad SMARTS) is 1. The van der Waals surface area contributed by atoms with Crippen molar-refractivity contribution in [3.63, 3.8) is 0 Å². The Morgan fingerprint density at radius 2 is 1.89 bits per heavy atom. The lowest BCUT2D eigenvalue weighted by atomic mass is 10.0. The molecule has 2 aromatic carbocycles. The van der Waals surface area contributed by atoms with Crippen LogP contribution in [-0.2, 0) is 11.3 Å². The molecule has 3 nitrogen and oxygen atoms in total. The summed E-state index contributed by atoms with van der Waals surface area (Å²) in [4.78, 5) is 10.7. The number of fused-ring (bicyclic) bond motifs is 1. The molecule has 2 N–H and O–H groups in total. The number of hydrogen-bond acceptors (Lipinski definition) is 2. The number of rotatable bonds is 5. The van der Waals surface area contributed by atoms with Crippen LogP contribution in [0.25, 0.3) is 10.8 Å². The number of aryl methyl sites for hydroxylation is 1. The topological polar surface area (TPSA) is 49.3 Å². The maximum atomic E-state index is 10.7. The molecule has 0 amide bonds. The summed E-state index contributed by atoms with van der Waals surface area (Å²) < 4.78 is 0. The van der Waals surface area contributed by atoms with E-state index in [4.69, 9.17) is 5.11 Å². The first-order chi connectivity index (χ1) is 9.06. The fourth-order valence-electron chi connectivity index (χ4n) is 2.04. The Morgan fingerprint density at radius 3 is 2.63 bits per heavy atom. The summed E-state index contributed by atoms with van der Waals surface area (Å²) in [6, 6.07) is 12.7. The van der Waals surface area contributed by atoms with Crippen LogP contribution in [0.4, 0.5) is 0 Å². The van der Waals surface area contributed by atoms with E-state index in [-0.39, 0.29) is 5.92 Å². The average molecular weight is 257 g/mol. The van der Waals surface area contributed by atoms with Crippen molar-refractivity contribution in [1.29, 1.82) is 0 Å². The highest BCUT2D eigenvalue weighted by Crippen LogP contribution is 2.17. The first-order valence-electron chi connectivity index (χ1n) is 6.49. The number of hydrogen-bond donors (Lipinski definition) is 2. The van der Waals surface area contributed by atoms with Crippen molar-refractivity contribution in [3.8, 4) is 0 Å². The lowest BCUT2D eigenvalue weighted by Gasteiger charge is -2.09. The van der Waals surface area contributed by atoms with Crippen LogP contribution in [0.1, 0.15) is 18.1 Å². The van der Waals surface area contributed by atoms with E-state index in [9.17, 15) is 4.79 Å². The number of carboxylic acids is 1. The van der Waals surface area contributed by atoms with Crippen LogP contribution >= 0.6 is 0 Å². The first kappa shape index (κ1) is 13.6. The number of benzene rings is 2. The summed E-state index contributed by atoms with van der Waals surface area (Å²) in [5.41, 5.74) is 2.43. The second kappa shape index (κ2) is 5.85. The van der Waals surface area contributed by atoms with Crippen molar-refractivity contribution < 1.29 is 9.90 Å². The van der Waals surface area contributed by atoms with Gasteiger partial charge in [0.05, 0.1) is 5.92 Å². The fraction of sp³-hybridized carbons (Fsp3) is 0.312. The molecule has 2 rings (SSSR count). The second-order valence-electron chi connectivity index (χ2n) is 5.06. The lowest BCUT2D eigenvalue weighted by molar-refractivity contribution is -0.140. The standard InChI is InChI=1S/C16H19NO2/c1-11-3-5-15-8-13(4-6-14(15)7-11)10-17-9-12(2)16(18)19/h3-8,12,17H,9-10H2,1-2H3,(H,18,19). The highest BCUT2D eigenvalue weighted by atomic mass is 16.4. The van der Waals surface area contributed by atoms with Gasteiger partial charge in [-0.1, -0.05) is 42.8 Å². The molecule has 19 heavy (non-hydrogen) atoms. The van der Waals surface area contributed by atoms with Gasteiger partial charge in [-0.25, -0.2) is 0 Å². The average Bonchev–Trinajstić information content (AvgIpc) is 2.38. The van der Waals surface area contributed by atoms with Crippen LogP contribution in [0.2, 0.25) is 0 Å². The van der Waals surface area contributed by atoms with Crippen LogP contribution in [0, 0.1) is 12.8 Å². The van der Waals surface area contributed by atoms with Crippen LogP contribution < -0.4 is 5.32 Å². The van der Waals surface area contributed by atoms with Crippen LogP contribution in [0.3, 0.4) is 0 Å². The monoisotopic (exact) mass is 257 g/mol. The van der Waals surface area contributed by atoms with Crippen molar-refractivity contribution in [2.75, 3.05) is 6.54 Å². The molecule has 0 saturated heterocycles. The zero-order valence-electron chi connectivity index (χ0n) is 11.3. The summed E-state index contributed by atoms with van der Waals surface area (Å²) in [6.07, 6.45) is 0. The zero-order chi connectivity index (χ0) is 13.8. The summed E-state index contributed by atoms with van der Waals surface area (Å²) in [5.74, 6) is -1.12. The minimum atomic E-state index is -0.763. The van der Waals surface area contributed by atoms with Gasteiger partial charge in [0.25, 0.3) is 0 Å².